The number of aromatic nitrogens is 4. The first-order valence-electron chi connectivity index (χ1n) is 10.0. The Bertz CT molecular complexity index is 848. The van der Waals surface area contributed by atoms with Gasteiger partial charge in [-0.2, -0.15) is 0 Å². The van der Waals surface area contributed by atoms with Crippen molar-refractivity contribution in [2.75, 3.05) is 69.3 Å². The third kappa shape index (κ3) is 3.10. The van der Waals surface area contributed by atoms with Crippen molar-refractivity contribution in [2.45, 2.75) is 12.8 Å². The molecular weight excluding hydrogens is 354 g/mol. The zero-order chi connectivity index (χ0) is 19.1. The van der Waals surface area contributed by atoms with E-state index in [9.17, 15) is 0 Å². The third-order valence-corrected chi connectivity index (χ3v) is 6.21. The van der Waals surface area contributed by atoms with Gasteiger partial charge in [-0.25, -0.2) is 19.9 Å². The second-order valence-corrected chi connectivity index (χ2v) is 8.35. The summed E-state index contributed by atoms with van der Waals surface area (Å²) in [4.78, 5) is 25.5. The quantitative estimate of drug-likeness (QED) is 0.778. The lowest BCUT2D eigenvalue weighted by Crippen LogP contribution is -2.60. The van der Waals surface area contributed by atoms with Crippen molar-refractivity contribution in [3.05, 3.63) is 35.9 Å². The molecule has 3 aliphatic heterocycles. The molecule has 0 N–H and O–H groups in total. The fourth-order valence-corrected chi connectivity index (χ4v) is 4.86. The Morgan fingerprint density at radius 1 is 0.964 bits per heavy atom. The van der Waals surface area contributed by atoms with E-state index in [0.717, 1.165) is 75.8 Å². The molecule has 8 nitrogen and oxygen atoms in total. The van der Waals surface area contributed by atoms with Crippen LogP contribution in [0.4, 0.5) is 11.9 Å². The number of likely N-dealkylation sites (tertiary alicyclic amines) is 1. The number of nitrogens with zero attached hydrogens (tertiary/aromatic N) is 7. The fraction of sp³-hybridized carbons (Fsp3) is 0.600. The van der Waals surface area contributed by atoms with Crippen molar-refractivity contribution in [1.82, 2.24) is 24.8 Å². The van der Waals surface area contributed by atoms with Crippen LogP contribution in [0.2, 0.25) is 0 Å². The van der Waals surface area contributed by atoms with Gasteiger partial charge in [0.2, 0.25) is 11.9 Å². The van der Waals surface area contributed by atoms with Crippen molar-refractivity contribution in [1.29, 1.82) is 0 Å². The largest absolute Gasteiger partial charge is 0.378 e. The lowest BCUT2D eigenvalue weighted by Gasteiger charge is -2.51. The van der Waals surface area contributed by atoms with Gasteiger partial charge in [-0.3, -0.25) is 0 Å². The van der Waals surface area contributed by atoms with Crippen molar-refractivity contribution in [3.63, 3.8) is 0 Å². The molecule has 3 aliphatic rings. The lowest BCUT2D eigenvalue weighted by molar-refractivity contribution is 0.122. The summed E-state index contributed by atoms with van der Waals surface area (Å²) in [7, 11) is 2.21. The number of morpholine rings is 1. The molecule has 0 bridgehead atoms. The summed E-state index contributed by atoms with van der Waals surface area (Å²) in [5.74, 6) is 2.08. The molecule has 0 radical (unpaired) electrons. The molecular formula is C20H27N7O. The highest BCUT2D eigenvalue weighted by atomic mass is 16.5. The van der Waals surface area contributed by atoms with Gasteiger partial charge in [-0.05, 0) is 26.1 Å². The average molecular weight is 381 g/mol. The molecule has 3 fully saturated rings. The Morgan fingerprint density at radius 3 is 2.43 bits per heavy atom. The minimum atomic E-state index is 0.207. The number of anilines is 2. The maximum Gasteiger partial charge on any atom is 0.225 e. The molecule has 1 unspecified atom stereocenters. The molecule has 0 aromatic carbocycles. The Hall–Kier alpha value is -2.32. The first kappa shape index (κ1) is 17.8. The molecule has 148 valence electrons. The topological polar surface area (TPSA) is 70.5 Å². The molecule has 0 aliphatic carbocycles. The highest BCUT2D eigenvalue weighted by Crippen LogP contribution is 2.49. The molecule has 1 atom stereocenters. The summed E-state index contributed by atoms with van der Waals surface area (Å²) in [6.45, 7) is 9.28. The Balaban J connectivity index is 1.37. The van der Waals surface area contributed by atoms with Gasteiger partial charge in [-0.1, -0.05) is 0 Å². The van der Waals surface area contributed by atoms with Crippen LogP contribution in [0.1, 0.15) is 17.3 Å². The molecule has 1 spiro atoms. The average Bonchev–Trinajstić information content (AvgIpc) is 3.05. The van der Waals surface area contributed by atoms with E-state index in [1.54, 1.807) is 0 Å². The van der Waals surface area contributed by atoms with Gasteiger partial charge in [0, 0.05) is 68.7 Å². The SMILES string of the molecule is Cc1ccnc(N2CC3(CN(C)CC3c3ccnc(N4CCOCC4)n3)C2)n1. The van der Waals surface area contributed by atoms with Crippen LogP contribution < -0.4 is 9.80 Å². The Kier molecular flexibility index (Phi) is 4.40. The van der Waals surface area contributed by atoms with Crippen LogP contribution in [0.3, 0.4) is 0 Å². The normalized spacial score (nSPS) is 24.6. The summed E-state index contributed by atoms with van der Waals surface area (Å²) in [5, 5.41) is 0. The van der Waals surface area contributed by atoms with Gasteiger partial charge in [0.05, 0.1) is 18.9 Å². The second kappa shape index (κ2) is 6.93. The zero-order valence-electron chi connectivity index (χ0n) is 16.6. The lowest BCUT2D eigenvalue weighted by atomic mass is 9.70. The van der Waals surface area contributed by atoms with Crippen LogP contribution in [0.25, 0.3) is 0 Å². The highest BCUT2D eigenvalue weighted by molar-refractivity contribution is 5.41. The van der Waals surface area contributed by atoms with Crippen LogP contribution >= 0.6 is 0 Å². The van der Waals surface area contributed by atoms with Crippen molar-refractivity contribution >= 4 is 11.9 Å². The Morgan fingerprint density at radius 2 is 1.68 bits per heavy atom. The van der Waals surface area contributed by atoms with Gasteiger partial charge in [0.25, 0.3) is 0 Å². The van der Waals surface area contributed by atoms with E-state index in [0.29, 0.717) is 5.92 Å². The van der Waals surface area contributed by atoms with Crippen molar-refractivity contribution in [2.24, 2.45) is 5.41 Å². The van der Waals surface area contributed by atoms with E-state index in [2.05, 4.69) is 42.8 Å². The third-order valence-electron chi connectivity index (χ3n) is 6.21. The molecule has 0 amide bonds. The molecule has 3 saturated heterocycles. The fourth-order valence-electron chi connectivity index (χ4n) is 4.86. The molecule has 5 heterocycles. The zero-order valence-corrected chi connectivity index (χ0v) is 16.6. The van der Waals surface area contributed by atoms with E-state index in [-0.39, 0.29) is 5.41 Å². The number of hydrogen-bond donors (Lipinski definition) is 0. The van der Waals surface area contributed by atoms with Crippen molar-refractivity contribution in [3.8, 4) is 0 Å². The molecule has 2 aromatic rings. The van der Waals surface area contributed by atoms with E-state index in [4.69, 9.17) is 9.72 Å². The predicted octanol–water partition coefficient (Wildman–Crippen LogP) is 0.947. The molecule has 2 aromatic heterocycles. The van der Waals surface area contributed by atoms with Crippen LogP contribution in [0.15, 0.2) is 24.5 Å². The Labute approximate surface area is 165 Å². The van der Waals surface area contributed by atoms with Crippen LogP contribution in [0.5, 0.6) is 0 Å². The van der Waals surface area contributed by atoms with Crippen LogP contribution in [-0.4, -0.2) is 84.4 Å². The first-order chi connectivity index (χ1) is 13.6. The van der Waals surface area contributed by atoms with Gasteiger partial charge in [0.15, 0.2) is 0 Å². The smallest absolute Gasteiger partial charge is 0.225 e. The summed E-state index contributed by atoms with van der Waals surface area (Å²) in [5.41, 5.74) is 2.38. The van der Waals surface area contributed by atoms with Crippen LogP contribution in [-0.2, 0) is 4.74 Å². The number of hydrogen-bond acceptors (Lipinski definition) is 8. The monoisotopic (exact) mass is 381 g/mol. The standard InChI is InChI=1S/C20H27N7O/c1-15-3-5-21-18(23-15)27-13-20(14-27)12-25(2)11-16(20)17-4-6-22-19(24-17)26-7-9-28-10-8-26/h3-6,16H,7-14H2,1-2H3. The van der Waals surface area contributed by atoms with E-state index in [1.807, 2.05) is 25.4 Å². The highest BCUT2D eigenvalue weighted by Gasteiger charge is 2.55. The molecule has 28 heavy (non-hydrogen) atoms. The number of aryl methyl sites for hydroxylation is 1. The van der Waals surface area contributed by atoms with Crippen LogP contribution in [0, 0.1) is 12.3 Å². The number of rotatable bonds is 3. The number of ether oxygens (including phenoxy) is 1. The maximum absolute atomic E-state index is 5.47. The predicted molar refractivity (Wildman–Crippen MR) is 107 cm³/mol. The first-order valence-corrected chi connectivity index (χ1v) is 10.0. The van der Waals surface area contributed by atoms with Crippen molar-refractivity contribution < 1.29 is 4.74 Å². The van der Waals surface area contributed by atoms with E-state index < -0.39 is 0 Å². The molecule has 5 rings (SSSR count). The summed E-state index contributed by atoms with van der Waals surface area (Å²) < 4.78 is 5.47. The summed E-state index contributed by atoms with van der Waals surface area (Å²) in [6, 6.07) is 4.04. The van der Waals surface area contributed by atoms with E-state index in [1.165, 1.54) is 0 Å². The summed E-state index contributed by atoms with van der Waals surface area (Å²) >= 11 is 0. The number of likely N-dealkylation sites (N-methyl/N-ethyl adjacent to an activating group) is 1. The van der Waals surface area contributed by atoms with Gasteiger partial charge in [0.1, 0.15) is 0 Å². The maximum atomic E-state index is 5.47. The second-order valence-electron chi connectivity index (χ2n) is 8.35. The molecule has 8 heteroatoms. The van der Waals surface area contributed by atoms with Gasteiger partial charge < -0.3 is 19.4 Å². The summed E-state index contributed by atoms with van der Waals surface area (Å²) in [6.07, 6.45) is 3.76. The van der Waals surface area contributed by atoms with E-state index >= 15 is 0 Å². The van der Waals surface area contributed by atoms with Gasteiger partial charge >= 0.3 is 0 Å². The molecule has 0 saturated carbocycles. The minimum Gasteiger partial charge on any atom is -0.378 e. The minimum absolute atomic E-state index is 0.207. The van der Waals surface area contributed by atoms with Gasteiger partial charge in [-0.15, -0.1) is 0 Å².